The average Bonchev–Trinajstić information content (AvgIpc) is 0.906. The molecule has 3 N–H and O–H groups in total. The Morgan fingerprint density at radius 3 is 0.676 bits per heavy atom. The van der Waals surface area contributed by atoms with E-state index in [-0.39, 0.29) is 25.7 Å². The normalized spacial score (nSPS) is 14.0. The summed E-state index contributed by atoms with van der Waals surface area (Å²) in [7, 11) is -9.92. The molecule has 0 aromatic rings. The summed E-state index contributed by atoms with van der Waals surface area (Å²) in [6, 6.07) is 0. The Morgan fingerprint density at radius 2 is 0.457 bits per heavy atom. The first-order valence-electron chi connectivity index (χ1n) is 44.7. The van der Waals surface area contributed by atoms with Crippen molar-refractivity contribution in [2.24, 2.45) is 5.92 Å². The van der Waals surface area contributed by atoms with Crippen LogP contribution in [0.2, 0.25) is 0 Å². The molecule has 0 heterocycles. The highest BCUT2D eigenvalue weighted by atomic mass is 31.2. The van der Waals surface area contributed by atoms with Gasteiger partial charge in [0.15, 0.2) is 12.2 Å². The first kappa shape index (κ1) is 103. The molecular formula is C86H168O17P2. The van der Waals surface area contributed by atoms with E-state index in [9.17, 15) is 43.2 Å². The molecule has 0 radical (unpaired) electrons. The van der Waals surface area contributed by atoms with E-state index >= 15 is 0 Å². The lowest BCUT2D eigenvalue weighted by Crippen LogP contribution is -2.30. The summed E-state index contributed by atoms with van der Waals surface area (Å²) in [5.74, 6) is -1.23. The van der Waals surface area contributed by atoms with E-state index in [4.69, 9.17) is 37.0 Å². The van der Waals surface area contributed by atoms with Crippen molar-refractivity contribution < 1.29 is 80.2 Å². The minimum atomic E-state index is -4.96. The van der Waals surface area contributed by atoms with Crippen molar-refractivity contribution in [2.45, 2.75) is 483 Å². The largest absolute Gasteiger partial charge is 0.472 e. The topological polar surface area (TPSA) is 237 Å². The van der Waals surface area contributed by atoms with Gasteiger partial charge in [-0.1, -0.05) is 413 Å². The van der Waals surface area contributed by atoms with Crippen LogP contribution in [0, 0.1) is 5.92 Å². The zero-order valence-corrected chi connectivity index (χ0v) is 70.7. The van der Waals surface area contributed by atoms with Crippen LogP contribution in [-0.2, 0) is 65.4 Å². The van der Waals surface area contributed by atoms with Gasteiger partial charge in [-0.25, -0.2) is 9.13 Å². The molecule has 0 aliphatic carbocycles. The smallest absolute Gasteiger partial charge is 0.462 e. The fraction of sp³-hybridized carbons (Fsp3) is 0.953. The number of aliphatic hydroxyl groups excluding tert-OH is 1. The molecular weight excluding hydrogens is 1370 g/mol. The molecule has 624 valence electrons. The second-order valence-corrected chi connectivity index (χ2v) is 34.1. The van der Waals surface area contributed by atoms with Gasteiger partial charge in [-0.05, 0) is 31.6 Å². The molecule has 0 bridgehead atoms. The number of aliphatic hydroxyl groups is 1. The molecule has 0 spiro atoms. The van der Waals surface area contributed by atoms with Gasteiger partial charge in [0.05, 0.1) is 26.4 Å². The number of hydrogen-bond acceptors (Lipinski definition) is 15. The van der Waals surface area contributed by atoms with Gasteiger partial charge < -0.3 is 33.8 Å². The zero-order valence-electron chi connectivity index (χ0n) is 68.9. The minimum absolute atomic E-state index is 0.108. The molecule has 0 amide bonds. The van der Waals surface area contributed by atoms with Crippen molar-refractivity contribution in [3.63, 3.8) is 0 Å². The van der Waals surface area contributed by atoms with Crippen molar-refractivity contribution in [3.05, 3.63) is 0 Å². The quantitative estimate of drug-likeness (QED) is 0.0222. The number of ether oxygens (including phenoxy) is 4. The van der Waals surface area contributed by atoms with E-state index in [0.717, 1.165) is 95.8 Å². The Labute approximate surface area is 645 Å². The fourth-order valence-electron chi connectivity index (χ4n) is 13.4. The predicted molar refractivity (Wildman–Crippen MR) is 432 cm³/mol. The molecule has 6 atom stereocenters. The highest BCUT2D eigenvalue weighted by Crippen LogP contribution is 2.45. The van der Waals surface area contributed by atoms with Gasteiger partial charge in [0, 0.05) is 25.7 Å². The number of unbranched alkanes of at least 4 members (excludes halogenated alkanes) is 57. The molecule has 19 heteroatoms. The molecule has 0 saturated carbocycles. The maximum absolute atomic E-state index is 13.1. The summed E-state index contributed by atoms with van der Waals surface area (Å²) in [6.07, 6.45) is 72.2. The third-order valence-corrected chi connectivity index (χ3v) is 22.5. The van der Waals surface area contributed by atoms with Crippen LogP contribution < -0.4 is 0 Å². The molecule has 3 unspecified atom stereocenters. The lowest BCUT2D eigenvalue weighted by atomic mass is 9.99. The summed E-state index contributed by atoms with van der Waals surface area (Å²) in [5, 5.41) is 10.7. The Hall–Kier alpha value is -1.94. The Balaban J connectivity index is 5.19. The van der Waals surface area contributed by atoms with Crippen LogP contribution in [0.15, 0.2) is 0 Å². The van der Waals surface area contributed by atoms with Crippen LogP contribution in [0.3, 0.4) is 0 Å². The first-order chi connectivity index (χ1) is 51.1. The molecule has 0 rings (SSSR count). The maximum atomic E-state index is 13.1. The van der Waals surface area contributed by atoms with Gasteiger partial charge >= 0.3 is 39.5 Å². The number of esters is 4. The second kappa shape index (κ2) is 78.7. The van der Waals surface area contributed by atoms with Crippen molar-refractivity contribution in [3.8, 4) is 0 Å². The highest BCUT2D eigenvalue weighted by molar-refractivity contribution is 7.47. The third-order valence-electron chi connectivity index (χ3n) is 20.6. The highest BCUT2D eigenvalue weighted by Gasteiger charge is 2.30. The molecule has 0 aromatic carbocycles. The summed E-state index contributed by atoms with van der Waals surface area (Å²) in [5.41, 5.74) is 0. The van der Waals surface area contributed by atoms with Gasteiger partial charge in [0.1, 0.15) is 19.3 Å². The van der Waals surface area contributed by atoms with Gasteiger partial charge in [0.2, 0.25) is 0 Å². The zero-order chi connectivity index (χ0) is 76.9. The standard InChI is InChI=1S/C86H168O17P2/c1-6-10-13-16-19-22-25-26-27-28-29-30-31-35-38-41-46-50-55-60-65-70-84(89)97-76-82(103-86(91)72-67-62-57-52-47-42-39-36-33-32-34-37-40-45-48-53-58-63-68-79(5)9-4)78-101-105(94,95)99-74-80(87)73-98-104(92,93)100-77-81(102-85(90)71-66-61-56-51-44-24-21-18-15-12-8-3)75-96-83(88)69-64-59-54-49-43-23-20-17-14-11-7-2/h79-82,87H,6-78H2,1-5H3,(H,92,93)(H,94,95)/t79?,80-,81+,82+/m0/s1. The Kier molecular flexibility index (Phi) is 77.3. The van der Waals surface area contributed by atoms with Crippen molar-refractivity contribution >= 4 is 39.5 Å². The number of phosphoric acid groups is 2. The maximum Gasteiger partial charge on any atom is 0.472 e. The van der Waals surface area contributed by atoms with Crippen LogP contribution in [0.1, 0.15) is 465 Å². The number of phosphoric ester groups is 2. The summed E-state index contributed by atoms with van der Waals surface area (Å²) in [4.78, 5) is 73.1. The summed E-state index contributed by atoms with van der Waals surface area (Å²) >= 11 is 0. The van der Waals surface area contributed by atoms with E-state index in [0.29, 0.717) is 25.7 Å². The van der Waals surface area contributed by atoms with Crippen LogP contribution >= 0.6 is 15.6 Å². The van der Waals surface area contributed by atoms with Gasteiger partial charge in [-0.3, -0.25) is 37.3 Å². The van der Waals surface area contributed by atoms with Crippen LogP contribution in [-0.4, -0.2) is 96.7 Å². The summed E-state index contributed by atoms with van der Waals surface area (Å²) in [6.45, 7) is 7.41. The van der Waals surface area contributed by atoms with Gasteiger partial charge in [0.25, 0.3) is 0 Å². The van der Waals surface area contributed by atoms with E-state index in [1.165, 1.54) is 289 Å². The number of rotatable bonds is 86. The van der Waals surface area contributed by atoms with E-state index in [1.807, 2.05) is 0 Å². The molecule has 0 aliphatic heterocycles. The molecule has 0 fully saturated rings. The van der Waals surface area contributed by atoms with E-state index < -0.39 is 97.5 Å². The Bertz CT molecular complexity index is 2000. The Morgan fingerprint density at radius 1 is 0.267 bits per heavy atom. The van der Waals surface area contributed by atoms with Crippen LogP contribution in [0.25, 0.3) is 0 Å². The second-order valence-electron chi connectivity index (χ2n) is 31.2. The van der Waals surface area contributed by atoms with Gasteiger partial charge in [-0.15, -0.1) is 0 Å². The third kappa shape index (κ3) is 78.5. The van der Waals surface area contributed by atoms with Crippen molar-refractivity contribution in [1.82, 2.24) is 0 Å². The molecule has 17 nitrogen and oxygen atoms in total. The average molecular weight is 1540 g/mol. The van der Waals surface area contributed by atoms with E-state index in [1.54, 1.807) is 0 Å². The fourth-order valence-corrected chi connectivity index (χ4v) is 15.0. The van der Waals surface area contributed by atoms with Crippen LogP contribution in [0.4, 0.5) is 0 Å². The first-order valence-corrected chi connectivity index (χ1v) is 47.7. The number of carbonyl (C=O) groups is 4. The number of carbonyl (C=O) groups excluding carboxylic acids is 4. The summed E-state index contributed by atoms with van der Waals surface area (Å²) < 4.78 is 68.8. The monoisotopic (exact) mass is 1540 g/mol. The van der Waals surface area contributed by atoms with Gasteiger partial charge in [-0.2, -0.15) is 0 Å². The minimum Gasteiger partial charge on any atom is -0.462 e. The lowest BCUT2D eigenvalue weighted by Gasteiger charge is -2.21. The van der Waals surface area contributed by atoms with Crippen molar-refractivity contribution in [2.75, 3.05) is 39.6 Å². The van der Waals surface area contributed by atoms with Crippen molar-refractivity contribution in [1.29, 1.82) is 0 Å². The van der Waals surface area contributed by atoms with Crippen LogP contribution in [0.5, 0.6) is 0 Å². The molecule has 0 aromatic heterocycles. The number of hydrogen-bond donors (Lipinski definition) is 3. The molecule has 105 heavy (non-hydrogen) atoms. The molecule has 0 aliphatic rings. The van der Waals surface area contributed by atoms with E-state index in [2.05, 4.69) is 34.6 Å². The predicted octanol–water partition coefficient (Wildman–Crippen LogP) is 26.4. The molecule has 0 saturated heterocycles. The lowest BCUT2D eigenvalue weighted by molar-refractivity contribution is -0.161. The SMILES string of the molecule is CCCCCCCCCCCCCCCCCCCCCCCC(=O)OC[C@H](COP(=O)(O)OC[C@@H](O)COP(=O)(O)OC[C@@H](COC(=O)CCCCCCCCCCCCC)OC(=O)CCCCCCCCCCCCC)OC(=O)CCCCCCCCCCCCCCCCCCCCC(C)CC.